The van der Waals surface area contributed by atoms with Gasteiger partial charge in [0.1, 0.15) is 0 Å². The lowest BCUT2D eigenvalue weighted by Gasteiger charge is -2.35. The number of nitrogens with one attached hydrogen (secondary N) is 1. The average Bonchev–Trinajstić information content (AvgIpc) is 3.02. The van der Waals surface area contributed by atoms with Crippen LogP contribution in [0, 0.1) is 6.92 Å². The number of piperidine rings is 1. The van der Waals surface area contributed by atoms with Crippen LogP contribution in [0.25, 0.3) is 4.96 Å². The van der Waals surface area contributed by atoms with Crippen LogP contribution in [0.2, 0.25) is 0 Å². The van der Waals surface area contributed by atoms with Gasteiger partial charge in [-0.15, -0.1) is 11.3 Å². The van der Waals surface area contributed by atoms with Gasteiger partial charge in [0.25, 0.3) is 5.56 Å². The smallest absolute Gasteiger partial charge is 0.259 e. The molecule has 0 aliphatic carbocycles. The summed E-state index contributed by atoms with van der Waals surface area (Å²) in [5, 5.41) is 5.67. The SMILES string of the molecule is Cc1csc2nc(CN(C)C3CC4CCC(C3)N4)cc(=O)n12. The van der Waals surface area contributed by atoms with Gasteiger partial charge in [0.05, 0.1) is 5.69 Å². The van der Waals surface area contributed by atoms with Crippen LogP contribution < -0.4 is 10.9 Å². The fraction of sp³-hybridized carbons (Fsp3) is 0.625. The molecular weight excluding hydrogens is 296 g/mol. The first kappa shape index (κ1) is 14.4. The molecule has 4 heterocycles. The first-order valence-corrected chi connectivity index (χ1v) is 8.91. The molecule has 2 unspecified atom stereocenters. The molecule has 2 aromatic heterocycles. The highest BCUT2D eigenvalue weighted by atomic mass is 32.1. The standard InChI is InChI=1S/C16H22N4OS/c1-10-9-22-16-18-13(7-15(21)20(10)16)8-19(2)14-5-11-3-4-12(6-14)17-11/h7,9,11-12,14,17H,3-6,8H2,1-2H3. The summed E-state index contributed by atoms with van der Waals surface area (Å²) >= 11 is 1.54. The number of aryl methyl sites for hydroxylation is 1. The molecule has 0 saturated carbocycles. The number of hydrogen-bond donors (Lipinski definition) is 1. The van der Waals surface area contributed by atoms with E-state index in [1.54, 1.807) is 10.5 Å². The first-order chi connectivity index (χ1) is 10.6. The summed E-state index contributed by atoms with van der Waals surface area (Å²) in [6, 6.07) is 3.67. The maximum Gasteiger partial charge on any atom is 0.259 e. The quantitative estimate of drug-likeness (QED) is 0.937. The molecule has 4 rings (SSSR count). The Morgan fingerprint density at radius 2 is 2.14 bits per heavy atom. The van der Waals surface area contributed by atoms with Gasteiger partial charge in [0.2, 0.25) is 0 Å². The van der Waals surface area contributed by atoms with Gasteiger partial charge in [-0.25, -0.2) is 4.98 Å². The Morgan fingerprint density at radius 1 is 1.41 bits per heavy atom. The largest absolute Gasteiger partial charge is 0.311 e. The second-order valence-electron chi connectivity index (χ2n) is 6.76. The van der Waals surface area contributed by atoms with Crippen LogP contribution in [0.15, 0.2) is 16.2 Å². The number of nitrogens with zero attached hydrogens (tertiary/aromatic N) is 3. The summed E-state index contributed by atoms with van der Waals surface area (Å²) in [6.45, 7) is 2.70. The van der Waals surface area contributed by atoms with Gasteiger partial charge in [-0.2, -0.15) is 0 Å². The average molecular weight is 318 g/mol. The molecule has 2 aliphatic rings. The lowest BCUT2D eigenvalue weighted by Crippen LogP contribution is -2.46. The summed E-state index contributed by atoms with van der Waals surface area (Å²) in [5.74, 6) is 0. The molecule has 2 aromatic rings. The second kappa shape index (κ2) is 5.44. The van der Waals surface area contributed by atoms with E-state index in [-0.39, 0.29) is 5.56 Å². The minimum Gasteiger partial charge on any atom is -0.311 e. The van der Waals surface area contributed by atoms with Crippen LogP contribution in [0.4, 0.5) is 0 Å². The number of fused-ring (bicyclic) bond motifs is 3. The van der Waals surface area contributed by atoms with Gasteiger partial charge in [0, 0.05) is 41.8 Å². The van der Waals surface area contributed by atoms with E-state index in [0.717, 1.165) is 22.9 Å². The number of aromatic nitrogens is 2. The Balaban J connectivity index is 1.54. The molecule has 2 fully saturated rings. The van der Waals surface area contributed by atoms with Crippen molar-refractivity contribution < 1.29 is 0 Å². The zero-order valence-corrected chi connectivity index (χ0v) is 13.9. The zero-order valence-electron chi connectivity index (χ0n) is 13.1. The van der Waals surface area contributed by atoms with E-state index >= 15 is 0 Å². The van der Waals surface area contributed by atoms with E-state index in [4.69, 9.17) is 0 Å². The van der Waals surface area contributed by atoms with Crippen molar-refractivity contribution in [1.82, 2.24) is 19.6 Å². The molecule has 2 atom stereocenters. The maximum atomic E-state index is 12.3. The van der Waals surface area contributed by atoms with Crippen molar-refractivity contribution in [3.8, 4) is 0 Å². The van der Waals surface area contributed by atoms with E-state index in [2.05, 4.69) is 22.2 Å². The molecule has 6 heteroatoms. The van der Waals surface area contributed by atoms with Gasteiger partial charge >= 0.3 is 0 Å². The fourth-order valence-electron chi connectivity index (χ4n) is 3.95. The van der Waals surface area contributed by atoms with E-state index in [1.165, 1.54) is 37.0 Å². The molecule has 1 N–H and O–H groups in total. The third-order valence-electron chi connectivity index (χ3n) is 5.11. The third-order valence-corrected chi connectivity index (χ3v) is 6.06. The molecule has 2 aliphatic heterocycles. The van der Waals surface area contributed by atoms with Crippen LogP contribution in [-0.4, -0.2) is 39.5 Å². The Kier molecular flexibility index (Phi) is 3.55. The molecule has 0 spiro atoms. The van der Waals surface area contributed by atoms with Gasteiger partial charge in [-0.05, 0) is 39.7 Å². The van der Waals surface area contributed by atoms with Crippen LogP contribution in [-0.2, 0) is 6.54 Å². The normalized spacial score (nSPS) is 27.9. The van der Waals surface area contributed by atoms with Crippen molar-refractivity contribution in [3.63, 3.8) is 0 Å². The minimum atomic E-state index is 0.0394. The highest BCUT2D eigenvalue weighted by molar-refractivity contribution is 7.15. The molecule has 2 bridgehead atoms. The van der Waals surface area contributed by atoms with Crippen LogP contribution in [0.5, 0.6) is 0 Å². The molecule has 22 heavy (non-hydrogen) atoms. The summed E-state index contributed by atoms with van der Waals surface area (Å²) < 4.78 is 1.69. The Labute approximate surface area is 134 Å². The predicted molar refractivity (Wildman–Crippen MR) is 88.5 cm³/mol. The van der Waals surface area contributed by atoms with Crippen molar-refractivity contribution in [3.05, 3.63) is 33.2 Å². The Hall–Kier alpha value is -1.24. The van der Waals surface area contributed by atoms with Crippen LogP contribution in [0.1, 0.15) is 37.1 Å². The van der Waals surface area contributed by atoms with Crippen LogP contribution in [0.3, 0.4) is 0 Å². The van der Waals surface area contributed by atoms with Gasteiger partial charge < -0.3 is 5.32 Å². The van der Waals surface area contributed by atoms with Crippen LogP contribution >= 0.6 is 11.3 Å². The maximum absolute atomic E-state index is 12.3. The molecule has 2 saturated heterocycles. The number of rotatable bonds is 3. The van der Waals surface area contributed by atoms with Crippen molar-refractivity contribution in [1.29, 1.82) is 0 Å². The van der Waals surface area contributed by atoms with E-state index in [0.29, 0.717) is 18.1 Å². The zero-order chi connectivity index (χ0) is 15.3. The van der Waals surface area contributed by atoms with Crippen molar-refractivity contribution in [2.45, 2.75) is 57.3 Å². The summed E-state index contributed by atoms with van der Waals surface area (Å²) in [5.41, 5.74) is 1.89. The Bertz CT molecular complexity index is 740. The van der Waals surface area contributed by atoms with E-state index in [9.17, 15) is 4.79 Å². The highest BCUT2D eigenvalue weighted by Crippen LogP contribution is 2.29. The summed E-state index contributed by atoms with van der Waals surface area (Å²) in [7, 11) is 2.17. The topological polar surface area (TPSA) is 49.6 Å². The van der Waals surface area contributed by atoms with E-state index in [1.807, 2.05) is 12.3 Å². The molecule has 5 nitrogen and oxygen atoms in total. The minimum absolute atomic E-state index is 0.0394. The predicted octanol–water partition coefficient (Wildman–Crippen LogP) is 1.78. The Morgan fingerprint density at radius 3 is 2.86 bits per heavy atom. The van der Waals surface area contributed by atoms with Gasteiger partial charge in [0.15, 0.2) is 4.96 Å². The molecular formula is C16H22N4OS. The number of thiazole rings is 1. The van der Waals surface area contributed by atoms with Gasteiger partial charge in [-0.3, -0.25) is 14.1 Å². The van der Waals surface area contributed by atoms with Crippen molar-refractivity contribution >= 4 is 16.3 Å². The second-order valence-corrected chi connectivity index (χ2v) is 7.60. The third kappa shape index (κ3) is 2.49. The molecule has 118 valence electrons. The molecule has 0 amide bonds. The number of hydrogen-bond acceptors (Lipinski definition) is 5. The monoisotopic (exact) mass is 318 g/mol. The van der Waals surface area contributed by atoms with Crippen molar-refractivity contribution in [2.75, 3.05) is 7.05 Å². The van der Waals surface area contributed by atoms with Gasteiger partial charge in [-0.1, -0.05) is 0 Å². The molecule has 0 aromatic carbocycles. The lowest BCUT2D eigenvalue weighted by atomic mass is 9.98. The van der Waals surface area contributed by atoms with E-state index < -0.39 is 0 Å². The first-order valence-electron chi connectivity index (χ1n) is 8.03. The fourth-order valence-corrected chi connectivity index (χ4v) is 4.84. The molecule has 0 radical (unpaired) electrons. The highest BCUT2D eigenvalue weighted by Gasteiger charge is 2.35. The summed E-state index contributed by atoms with van der Waals surface area (Å²) in [6.07, 6.45) is 5.06. The lowest BCUT2D eigenvalue weighted by molar-refractivity contribution is 0.164. The van der Waals surface area contributed by atoms with Crippen molar-refractivity contribution in [2.24, 2.45) is 0 Å². The summed E-state index contributed by atoms with van der Waals surface area (Å²) in [4.78, 5) is 20.1.